The van der Waals surface area contributed by atoms with Crippen molar-refractivity contribution in [3.63, 3.8) is 0 Å². The first kappa shape index (κ1) is 10.2. The maximum absolute atomic E-state index is 5.58. The van der Waals surface area contributed by atoms with Crippen LogP contribution in [-0.2, 0) is 0 Å². The van der Waals surface area contributed by atoms with E-state index in [1.54, 1.807) is 0 Å². The molecule has 0 saturated carbocycles. The molecule has 0 saturated heterocycles. The molecule has 85 valence electrons. The van der Waals surface area contributed by atoms with E-state index >= 15 is 0 Å². The van der Waals surface area contributed by atoms with Gasteiger partial charge in [0.2, 0.25) is 0 Å². The van der Waals surface area contributed by atoms with Crippen molar-refractivity contribution < 1.29 is 9.47 Å². The van der Waals surface area contributed by atoms with Gasteiger partial charge in [0.25, 0.3) is 0 Å². The third kappa shape index (κ3) is 1.98. The van der Waals surface area contributed by atoms with Crippen molar-refractivity contribution in [1.29, 1.82) is 0 Å². The van der Waals surface area contributed by atoms with Crippen LogP contribution in [0.1, 0.15) is 5.56 Å². The summed E-state index contributed by atoms with van der Waals surface area (Å²) in [4.78, 5) is 0. The Hall–Kier alpha value is -1.96. The topological polar surface area (TPSA) is 18.5 Å². The van der Waals surface area contributed by atoms with Crippen molar-refractivity contribution >= 4 is 0 Å². The fraction of sp³-hybridized carbons (Fsp3) is 0.200. The van der Waals surface area contributed by atoms with Crippen molar-refractivity contribution in [2.45, 2.75) is 6.92 Å². The average Bonchev–Trinajstić information content (AvgIpc) is 2.38. The Morgan fingerprint density at radius 1 is 0.941 bits per heavy atom. The van der Waals surface area contributed by atoms with Crippen LogP contribution in [0.5, 0.6) is 11.5 Å². The minimum atomic E-state index is 0.621. The molecule has 0 aliphatic carbocycles. The molecule has 0 fully saturated rings. The van der Waals surface area contributed by atoms with Crippen LogP contribution in [0.3, 0.4) is 0 Å². The summed E-state index contributed by atoms with van der Waals surface area (Å²) in [6, 6.07) is 15.3. The van der Waals surface area contributed by atoms with Crippen molar-refractivity contribution in [1.82, 2.24) is 0 Å². The number of fused-ring (bicyclic) bond motifs is 1. The molecule has 2 nitrogen and oxygen atoms in total. The van der Waals surface area contributed by atoms with Crippen molar-refractivity contribution in [2.75, 3.05) is 13.2 Å². The van der Waals surface area contributed by atoms with E-state index in [0.29, 0.717) is 13.2 Å². The Morgan fingerprint density at radius 3 is 2.59 bits per heavy atom. The molecule has 0 atom stereocenters. The summed E-state index contributed by atoms with van der Waals surface area (Å²) < 4.78 is 11.1. The number of ether oxygens (including phenoxy) is 2. The zero-order chi connectivity index (χ0) is 11.7. The number of hydrogen-bond acceptors (Lipinski definition) is 2. The zero-order valence-electron chi connectivity index (χ0n) is 9.69. The van der Waals surface area contributed by atoms with Crippen LogP contribution >= 0.6 is 0 Å². The standard InChI is InChI=1S/C15H13O2/c1-11-3-2-4-12(9-11)13-5-6-14-15(10-13)17-8-7-16-14/h3-6,9-10H,7-8H2,1H3. The van der Waals surface area contributed by atoms with E-state index in [2.05, 4.69) is 25.1 Å². The predicted octanol–water partition coefficient (Wildman–Crippen LogP) is 3.23. The summed E-state index contributed by atoms with van der Waals surface area (Å²) >= 11 is 0. The summed E-state index contributed by atoms with van der Waals surface area (Å²) in [5.41, 5.74) is 3.49. The summed E-state index contributed by atoms with van der Waals surface area (Å²) in [7, 11) is 0. The maximum atomic E-state index is 5.58. The molecule has 1 heterocycles. The Morgan fingerprint density at radius 2 is 1.76 bits per heavy atom. The van der Waals surface area contributed by atoms with Gasteiger partial charge in [-0.15, -0.1) is 0 Å². The van der Waals surface area contributed by atoms with Gasteiger partial charge in [0.15, 0.2) is 11.5 Å². The predicted molar refractivity (Wildman–Crippen MR) is 66.4 cm³/mol. The maximum Gasteiger partial charge on any atom is 0.161 e. The Labute approximate surface area is 101 Å². The third-order valence-corrected chi connectivity index (χ3v) is 2.81. The van der Waals surface area contributed by atoms with Gasteiger partial charge in [-0.3, -0.25) is 0 Å². The molecule has 0 unspecified atom stereocenters. The van der Waals surface area contributed by atoms with Gasteiger partial charge in [0.05, 0.1) is 0 Å². The summed E-state index contributed by atoms with van der Waals surface area (Å²) in [6.45, 7) is 3.32. The van der Waals surface area contributed by atoms with Crippen molar-refractivity contribution in [2.24, 2.45) is 0 Å². The Balaban J connectivity index is 2.04. The first-order valence-electron chi connectivity index (χ1n) is 5.71. The molecule has 1 aliphatic heterocycles. The van der Waals surface area contributed by atoms with Crippen LogP contribution < -0.4 is 9.47 Å². The average molecular weight is 225 g/mol. The number of hydrogen-bond donors (Lipinski definition) is 0. The largest absolute Gasteiger partial charge is 0.486 e. The SMILES string of the molecule is Cc1c[c]cc(-c2ccc3c(c2)OCCO3)c1. The van der Waals surface area contributed by atoms with E-state index in [0.717, 1.165) is 22.6 Å². The van der Waals surface area contributed by atoms with Crippen LogP contribution in [0.25, 0.3) is 11.1 Å². The number of aryl methyl sites for hydroxylation is 1. The minimum absolute atomic E-state index is 0.621. The molecule has 0 aromatic heterocycles. The van der Waals surface area contributed by atoms with E-state index in [1.807, 2.05) is 24.3 Å². The van der Waals surface area contributed by atoms with Gasteiger partial charge in [-0.05, 0) is 47.9 Å². The van der Waals surface area contributed by atoms with E-state index in [4.69, 9.17) is 9.47 Å². The Kier molecular flexibility index (Phi) is 2.48. The van der Waals surface area contributed by atoms with Gasteiger partial charge < -0.3 is 9.47 Å². The van der Waals surface area contributed by atoms with Gasteiger partial charge in [-0.25, -0.2) is 0 Å². The zero-order valence-corrected chi connectivity index (χ0v) is 9.69. The van der Waals surface area contributed by atoms with Gasteiger partial charge >= 0.3 is 0 Å². The van der Waals surface area contributed by atoms with E-state index < -0.39 is 0 Å². The van der Waals surface area contributed by atoms with Crippen LogP contribution in [0.2, 0.25) is 0 Å². The molecular formula is C15H13O2. The second kappa shape index (κ2) is 4.13. The lowest BCUT2D eigenvalue weighted by atomic mass is 10.0. The molecule has 1 aliphatic rings. The molecule has 0 N–H and O–H groups in total. The minimum Gasteiger partial charge on any atom is -0.486 e. The number of rotatable bonds is 1. The summed E-state index contributed by atoms with van der Waals surface area (Å²) in [5.74, 6) is 1.66. The third-order valence-electron chi connectivity index (χ3n) is 2.81. The lowest BCUT2D eigenvalue weighted by molar-refractivity contribution is 0.171. The van der Waals surface area contributed by atoms with Gasteiger partial charge in [0.1, 0.15) is 13.2 Å². The summed E-state index contributed by atoms with van der Waals surface area (Å²) in [5, 5.41) is 0. The van der Waals surface area contributed by atoms with E-state index in [1.165, 1.54) is 5.56 Å². The molecule has 2 aromatic rings. The number of benzene rings is 2. The highest BCUT2D eigenvalue weighted by molar-refractivity contribution is 5.67. The highest BCUT2D eigenvalue weighted by Gasteiger charge is 2.12. The monoisotopic (exact) mass is 225 g/mol. The lowest BCUT2D eigenvalue weighted by Crippen LogP contribution is -2.15. The van der Waals surface area contributed by atoms with Gasteiger partial charge in [-0.2, -0.15) is 0 Å². The van der Waals surface area contributed by atoms with Crippen LogP contribution in [0, 0.1) is 13.0 Å². The van der Waals surface area contributed by atoms with Crippen LogP contribution in [-0.4, -0.2) is 13.2 Å². The second-order valence-electron chi connectivity index (χ2n) is 4.16. The second-order valence-corrected chi connectivity index (χ2v) is 4.16. The van der Waals surface area contributed by atoms with E-state index in [9.17, 15) is 0 Å². The lowest BCUT2D eigenvalue weighted by Gasteiger charge is -2.19. The van der Waals surface area contributed by atoms with Crippen LogP contribution in [0.15, 0.2) is 36.4 Å². The molecular weight excluding hydrogens is 212 g/mol. The molecule has 3 rings (SSSR count). The van der Waals surface area contributed by atoms with Gasteiger partial charge in [0, 0.05) is 0 Å². The van der Waals surface area contributed by atoms with E-state index in [-0.39, 0.29) is 0 Å². The Bertz CT molecular complexity index is 546. The van der Waals surface area contributed by atoms with Crippen molar-refractivity contribution in [3.8, 4) is 22.6 Å². The molecule has 17 heavy (non-hydrogen) atoms. The summed E-state index contributed by atoms with van der Waals surface area (Å²) in [6.07, 6.45) is 0. The smallest absolute Gasteiger partial charge is 0.161 e. The molecule has 1 radical (unpaired) electrons. The van der Waals surface area contributed by atoms with Crippen molar-refractivity contribution in [3.05, 3.63) is 48.0 Å². The first-order chi connectivity index (χ1) is 8.33. The normalized spacial score (nSPS) is 13.5. The highest BCUT2D eigenvalue weighted by Crippen LogP contribution is 2.34. The fourth-order valence-electron chi connectivity index (χ4n) is 1.98. The molecule has 0 spiro atoms. The fourth-order valence-corrected chi connectivity index (χ4v) is 1.98. The first-order valence-corrected chi connectivity index (χ1v) is 5.71. The molecule has 0 bridgehead atoms. The molecule has 0 amide bonds. The van der Waals surface area contributed by atoms with Crippen LogP contribution in [0.4, 0.5) is 0 Å². The van der Waals surface area contributed by atoms with Gasteiger partial charge in [-0.1, -0.05) is 18.2 Å². The molecule has 2 aromatic carbocycles. The highest BCUT2D eigenvalue weighted by atomic mass is 16.6. The molecule has 2 heteroatoms. The quantitative estimate of drug-likeness (QED) is 0.741.